The number of hydrogen-bond donors (Lipinski definition) is 2. The number of carbonyl (C=O) groups is 1. The number of carbonyl (C=O) groups excluding carboxylic acids is 1. The number of nitrogens with one attached hydrogen (secondary N) is 1. The Balaban J connectivity index is 2.47. The van der Waals surface area contributed by atoms with Gasteiger partial charge in [-0.1, -0.05) is 38.8 Å². The molecule has 0 bridgehead atoms. The summed E-state index contributed by atoms with van der Waals surface area (Å²) in [5.74, 6) is 5.38. The molecule has 1 aromatic heterocycles. The lowest BCUT2D eigenvalue weighted by atomic mass is 10.0. The second-order valence-electron chi connectivity index (χ2n) is 4.92. The standard InChI is InChI=1S/C13H26N6O/c1-4-11(5-2)9-18(6-3)7-8-19-10-12(16-17-19)13(20)15-14/h10-11H,4-9,14H2,1-3H3,(H,15,20). The van der Waals surface area contributed by atoms with Crippen LogP contribution < -0.4 is 11.3 Å². The van der Waals surface area contributed by atoms with Gasteiger partial charge in [-0.2, -0.15) is 0 Å². The minimum atomic E-state index is -0.416. The summed E-state index contributed by atoms with van der Waals surface area (Å²) in [5, 5.41) is 7.72. The Bertz CT molecular complexity index is 401. The summed E-state index contributed by atoms with van der Waals surface area (Å²) < 4.78 is 1.68. The lowest BCUT2D eigenvalue weighted by molar-refractivity contribution is 0.0948. The lowest BCUT2D eigenvalue weighted by Crippen LogP contribution is -2.32. The van der Waals surface area contributed by atoms with E-state index < -0.39 is 5.91 Å². The van der Waals surface area contributed by atoms with Gasteiger partial charge in [-0.15, -0.1) is 5.10 Å². The number of likely N-dealkylation sites (N-methyl/N-ethyl adjacent to an activating group) is 1. The quantitative estimate of drug-likeness (QED) is 0.394. The van der Waals surface area contributed by atoms with Gasteiger partial charge in [0.05, 0.1) is 12.7 Å². The predicted molar refractivity (Wildman–Crippen MR) is 77.9 cm³/mol. The molecule has 0 saturated carbocycles. The summed E-state index contributed by atoms with van der Waals surface area (Å²) in [4.78, 5) is 13.7. The maximum absolute atomic E-state index is 11.3. The number of aromatic nitrogens is 3. The molecule has 0 aliphatic heterocycles. The first kappa shape index (κ1) is 16.6. The van der Waals surface area contributed by atoms with Crippen LogP contribution in [0.4, 0.5) is 0 Å². The SMILES string of the molecule is CCC(CC)CN(CC)CCn1cc(C(=O)NN)nn1. The Kier molecular flexibility index (Phi) is 7.17. The average Bonchev–Trinajstić information content (AvgIpc) is 2.95. The molecule has 7 heteroatoms. The highest BCUT2D eigenvalue weighted by molar-refractivity contribution is 5.91. The summed E-state index contributed by atoms with van der Waals surface area (Å²) in [6.07, 6.45) is 4.03. The van der Waals surface area contributed by atoms with Crippen LogP contribution in [0, 0.1) is 5.92 Å². The Labute approximate surface area is 120 Å². The highest BCUT2D eigenvalue weighted by Crippen LogP contribution is 2.09. The molecule has 7 nitrogen and oxygen atoms in total. The van der Waals surface area contributed by atoms with Crippen molar-refractivity contribution in [3.63, 3.8) is 0 Å². The molecular weight excluding hydrogens is 256 g/mol. The smallest absolute Gasteiger partial charge is 0.287 e. The Hall–Kier alpha value is -1.47. The minimum Gasteiger partial charge on any atom is -0.301 e. The summed E-state index contributed by atoms with van der Waals surface area (Å²) in [6, 6.07) is 0. The second-order valence-corrected chi connectivity index (χ2v) is 4.92. The summed E-state index contributed by atoms with van der Waals surface area (Å²) >= 11 is 0. The Morgan fingerprint density at radius 3 is 2.70 bits per heavy atom. The first-order chi connectivity index (χ1) is 9.64. The van der Waals surface area contributed by atoms with Gasteiger partial charge in [-0.25, -0.2) is 5.84 Å². The fraction of sp³-hybridized carbons (Fsp3) is 0.769. The van der Waals surface area contributed by atoms with Crippen LogP contribution in [0.15, 0.2) is 6.20 Å². The van der Waals surface area contributed by atoms with Gasteiger partial charge in [-0.3, -0.25) is 14.9 Å². The van der Waals surface area contributed by atoms with Gasteiger partial charge >= 0.3 is 0 Å². The van der Waals surface area contributed by atoms with Crippen LogP contribution in [0.25, 0.3) is 0 Å². The van der Waals surface area contributed by atoms with Gasteiger partial charge in [0.2, 0.25) is 0 Å². The third-order valence-electron chi connectivity index (χ3n) is 3.67. The van der Waals surface area contributed by atoms with E-state index in [1.54, 1.807) is 10.9 Å². The van der Waals surface area contributed by atoms with E-state index >= 15 is 0 Å². The fourth-order valence-corrected chi connectivity index (χ4v) is 2.12. The van der Waals surface area contributed by atoms with Crippen molar-refractivity contribution in [3.05, 3.63) is 11.9 Å². The third-order valence-corrected chi connectivity index (χ3v) is 3.67. The number of nitrogens with zero attached hydrogens (tertiary/aromatic N) is 4. The molecule has 1 rings (SSSR count). The van der Waals surface area contributed by atoms with Crippen LogP contribution in [0.3, 0.4) is 0 Å². The van der Waals surface area contributed by atoms with E-state index in [-0.39, 0.29) is 5.69 Å². The van der Waals surface area contributed by atoms with Crippen LogP contribution in [-0.2, 0) is 6.54 Å². The zero-order valence-electron chi connectivity index (χ0n) is 12.7. The number of rotatable bonds is 9. The molecular formula is C13H26N6O. The first-order valence-corrected chi connectivity index (χ1v) is 7.27. The van der Waals surface area contributed by atoms with E-state index in [1.807, 2.05) is 5.43 Å². The molecule has 1 aromatic rings. The summed E-state index contributed by atoms with van der Waals surface area (Å²) in [5.41, 5.74) is 2.29. The molecule has 0 aromatic carbocycles. The van der Waals surface area contributed by atoms with Crippen molar-refractivity contribution in [3.8, 4) is 0 Å². The van der Waals surface area contributed by atoms with Crippen LogP contribution >= 0.6 is 0 Å². The van der Waals surface area contributed by atoms with E-state index in [4.69, 9.17) is 5.84 Å². The van der Waals surface area contributed by atoms with Crippen molar-refractivity contribution in [2.75, 3.05) is 19.6 Å². The van der Waals surface area contributed by atoms with Crippen molar-refractivity contribution in [2.24, 2.45) is 11.8 Å². The van der Waals surface area contributed by atoms with Gasteiger partial charge in [0.1, 0.15) is 0 Å². The summed E-state index contributed by atoms with van der Waals surface area (Å²) in [7, 11) is 0. The van der Waals surface area contributed by atoms with Crippen molar-refractivity contribution >= 4 is 5.91 Å². The molecule has 1 heterocycles. The van der Waals surface area contributed by atoms with E-state index in [0.29, 0.717) is 0 Å². The van der Waals surface area contributed by atoms with Crippen molar-refractivity contribution in [1.82, 2.24) is 25.3 Å². The zero-order chi connectivity index (χ0) is 15.0. The number of amides is 1. The van der Waals surface area contributed by atoms with E-state index in [1.165, 1.54) is 12.8 Å². The monoisotopic (exact) mass is 282 g/mol. The third kappa shape index (κ3) is 4.90. The number of nitrogens with two attached hydrogens (primary N) is 1. The first-order valence-electron chi connectivity index (χ1n) is 7.27. The van der Waals surface area contributed by atoms with Crippen LogP contribution in [-0.4, -0.2) is 45.4 Å². The average molecular weight is 282 g/mol. The zero-order valence-corrected chi connectivity index (χ0v) is 12.7. The number of hydrogen-bond acceptors (Lipinski definition) is 5. The predicted octanol–water partition coefficient (Wildman–Crippen LogP) is 0.640. The maximum Gasteiger partial charge on any atom is 0.287 e. The van der Waals surface area contributed by atoms with Gasteiger partial charge in [0, 0.05) is 13.1 Å². The molecule has 114 valence electrons. The second kappa shape index (κ2) is 8.65. The highest BCUT2D eigenvalue weighted by Gasteiger charge is 2.12. The van der Waals surface area contributed by atoms with Gasteiger partial charge in [-0.05, 0) is 12.5 Å². The minimum absolute atomic E-state index is 0.246. The molecule has 0 aliphatic rings. The van der Waals surface area contributed by atoms with Crippen LogP contribution in [0.5, 0.6) is 0 Å². The molecule has 0 fully saturated rings. The molecule has 3 N–H and O–H groups in total. The highest BCUT2D eigenvalue weighted by atomic mass is 16.2. The molecule has 1 amide bonds. The van der Waals surface area contributed by atoms with Crippen LogP contribution in [0.1, 0.15) is 44.1 Å². The molecule has 0 aliphatic carbocycles. The molecule has 0 atom stereocenters. The number of hydrazine groups is 1. The molecule has 20 heavy (non-hydrogen) atoms. The Morgan fingerprint density at radius 1 is 1.45 bits per heavy atom. The topological polar surface area (TPSA) is 89.1 Å². The van der Waals surface area contributed by atoms with Gasteiger partial charge in [0.15, 0.2) is 5.69 Å². The van der Waals surface area contributed by atoms with Crippen molar-refractivity contribution in [2.45, 2.75) is 40.2 Å². The van der Waals surface area contributed by atoms with Crippen molar-refractivity contribution in [1.29, 1.82) is 0 Å². The van der Waals surface area contributed by atoms with Crippen molar-refractivity contribution < 1.29 is 4.79 Å². The number of nitrogen functional groups attached to an aromatic ring is 1. The maximum atomic E-state index is 11.3. The Morgan fingerprint density at radius 2 is 2.15 bits per heavy atom. The normalized spacial score (nSPS) is 11.3. The van der Waals surface area contributed by atoms with Crippen LogP contribution in [0.2, 0.25) is 0 Å². The lowest BCUT2D eigenvalue weighted by Gasteiger charge is -2.24. The van der Waals surface area contributed by atoms with E-state index in [0.717, 1.165) is 32.1 Å². The summed E-state index contributed by atoms with van der Waals surface area (Å²) in [6.45, 7) is 10.4. The molecule has 0 radical (unpaired) electrons. The largest absolute Gasteiger partial charge is 0.301 e. The molecule has 0 saturated heterocycles. The van der Waals surface area contributed by atoms with E-state index in [9.17, 15) is 4.79 Å². The van der Waals surface area contributed by atoms with Gasteiger partial charge in [0.25, 0.3) is 5.91 Å². The fourth-order valence-electron chi connectivity index (χ4n) is 2.12. The molecule has 0 spiro atoms. The van der Waals surface area contributed by atoms with E-state index in [2.05, 4.69) is 36.0 Å². The van der Waals surface area contributed by atoms with Gasteiger partial charge < -0.3 is 4.90 Å². The molecule has 0 unspecified atom stereocenters.